The lowest BCUT2D eigenvalue weighted by molar-refractivity contribution is -0.121. The number of hydrogen-bond acceptors (Lipinski definition) is 2. The first-order valence-corrected chi connectivity index (χ1v) is 4.68. The van der Waals surface area contributed by atoms with E-state index in [1.54, 1.807) is 6.92 Å². The summed E-state index contributed by atoms with van der Waals surface area (Å²) in [7, 11) is 0. The van der Waals surface area contributed by atoms with Gasteiger partial charge in [0.05, 0.1) is 11.6 Å². The van der Waals surface area contributed by atoms with Crippen molar-refractivity contribution in [2.24, 2.45) is 10.9 Å². The van der Waals surface area contributed by atoms with Gasteiger partial charge in [-0.3, -0.25) is 9.59 Å². The highest BCUT2D eigenvalue weighted by Gasteiger charge is 2.38. The Bertz CT molecular complexity index is 368. The van der Waals surface area contributed by atoms with Crippen LogP contribution in [0.4, 0.5) is 0 Å². The third kappa shape index (κ3) is 1.14. The van der Waals surface area contributed by atoms with Crippen LogP contribution in [0, 0.1) is 5.92 Å². The van der Waals surface area contributed by atoms with Gasteiger partial charge in [0.25, 0.3) is 5.91 Å². The zero-order chi connectivity index (χ0) is 9.59. The predicted molar refractivity (Wildman–Crippen MR) is 50.6 cm³/mol. The van der Waals surface area contributed by atoms with Gasteiger partial charge in [-0.15, -0.1) is 0 Å². The fourth-order valence-electron chi connectivity index (χ4n) is 1.50. The van der Waals surface area contributed by atoms with E-state index in [9.17, 15) is 9.59 Å². The van der Waals surface area contributed by atoms with Gasteiger partial charge in [-0.25, -0.2) is 4.99 Å². The summed E-state index contributed by atoms with van der Waals surface area (Å²) in [6, 6.07) is 0. The summed E-state index contributed by atoms with van der Waals surface area (Å²) in [5, 5.41) is 2.62. The van der Waals surface area contributed by atoms with Gasteiger partial charge in [0.2, 0.25) is 5.91 Å². The lowest BCUT2D eigenvalue weighted by Gasteiger charge is -2.13. The van der Waals surface area contributed by atoms with Crippen LogP contribution in [0.1, 0.15) is 6.92 Å². The molecule has 5 heteroatoms. The van der Waals surface area contributed by atoms with Crippen LogP contribution in [0.25, 0.3) is 0 Å². The highest BCUT2D eigenvalue weighted by Crippen LogP contribution is 2.30. The van der Waals surface area contributed by atoms with Gasteiger partial charge in [0.15, 0.2) is 0 Å². The number of amides is 2. The van der Waals surface area contributed by atoms with E-state index in [0.717, 1.165) is 0 Å². The fraction of sp³-hybridized carbons (Fsp3) is 0.375. The van der Waals surface area contributed by atoms with Crippen molar-refractivity contribution in [3.05, 3.63) is 10.1 Å². The van der Waals surface area contributed by atoms with Crippen molar-refractivity contribution in [2.45, 2.75) is 6.92 Å². The standard InChI is InChI=1S/C8H7BrN2O2/c1-3-6(9)5-4(7(12)11-3)2-10-8(5)13/h4H,2H2,1H3,(H,10,13). The maximum Gasteiger partial charge on any atom is 0.255 e. The monoisotopic (exact) mass is 242 g/mol. The first kappa shape index (κ1) is 8.62. The summed E-state index contributed by atoms with van der Waals surface area (Å²) in [4.78, 5) is 26.5. The summed E-state index contributed by atoms with van der Waals surface area (Å²) in [6.07, 6.45) is 0. The molecule has 1 fully saturated rings. The Morgan fingerprint density at radius 3 is 2.92 bits per heavy atom. The second-order valence-electron chi connectivity index (χ2n) is 3.03. The van der Waals surface area contributed by atoms with E-state index in [-0.39, 0.29) is 17.7 Å². The molecule has 2 aliphatic rings. The van der Waals surface area contributed by atoms with Crippen LogP contribution in [0.3, 0.4) is 0 Å². The van der Waals surface area contributed by atoms with Crippen molar-refractivity contribution < 1.29 is 9.59 Å². The molecule has 0 aromatic heterocycles. The molecule has 1 N–H and O–H groups in total. The molecule has 4 nitrogen and oxygen atoms in total. The van der Waals surface area contributed by atoms with Crippen LogP contribution in [-0.4, -0.2) is 24.1 Å². The second-order valence-corrected chi connectivity index (χ2v) is 3.82. The van der Waals surface area contributed by atoms with Gasteiger partial charge in [-0.1, -0.05) is 0 Å². The number of hydrogen-bond donors (Lipinski definition) is 1. The van der Waals surface area contributed by atoms with Crippen LogP contribution in [0.2, 0.25) is 0 Å². The molecule has 0 aromatic carbocycles. The molecule has 1 atom stereocenters. The average Bonchev–Trinajstić information content (AvgIpc) is 2.44. The molecule has 0 saturated carbocycles. The number of carbonyl (C=O) groups is 2. The number of rotatable bonds is 0. The predicted octanol–water partition coefficient (Wildman–Crippen LogP) is 0.383. The molecule has 2 amide bonds. The van der Waals surface area contributed by atoms with Gasteiger partial charge in [-0.2, -0.15) is 0 Å². The van der Waals surface area contributed by atoms with E-state index in [1.807, 2.05) is 0 Å². The number of carbonyl (C=O) groups excluding carboxylic acids is 2. The molecule has 0 radical (unpaired) electrons. The van der Waals surface area contributed by atoms with Crippen molar-refractivity contribution >= 4 is 33.5 Å². The molecular weight excluding hydrogens is 236 g/mol. The lowest BCUT2D eigenvalue weighted by Crippen LogP contribution is -2.22. The van der Waals surface area contributed by atoms with Crippen molar-refractivity contribution in [3.8, 4) is 0 Å². The molecule has 1 unspecified atom stereocenters. The van der Waals surface area contributed by atoms with Gasteiger partial charge < -0.3 is 5.32 Å². The van der Waals surface area contributed by atoms with Crippen molar-refractivity contribution in [3.63, 3.8) is 0 Å². The van der Waals surface area contributed by atoms with Crippen LogP contribution in [0.5, 0.6) is 0 Å². The summed E-state index contributed by atoms with van der Waals surface area (Å²) in [6.45, 7) is 2.08. The number of nitrogens with one attached hydrogen (secondary N) is 1. The molecule has 0 bridgehead atoms. The fourth-order valence-corrected chi connectivity index (χ4v) is 2.05. The molecule has 0 aromatic rings. The van der Waals surface area contributed by atoms with Gasteiger partial charge >= 0.3 is 0 Å². The minimum Gasteiger partial charge on any atom is -0.351 e. The Labute approximate surface area is 83.2 Å². The number of fused-ring (bicyclic) bond motifs is 1. The molecular formula is C8H7BrN2O2. The Balaban J connectivity index is 2.56. The largest absolute Gasteiger partial charge is 0.351 e. The number of allylic oxidation sites excluding steroid dienone is 1. The molecule has 0 aliphatic carbocycles. The average molecular weight is 243 g/mol. The third-order valence-electron chi connectivity index (χ3n) is 2.19. The number of dihydropyridines is 1. The quantitative estimate of drug-likeness (QED) is 0.668. The summed E-state index contributed by atoms with van der Waals surface area (Å²) in [5.41, 5.74) is 1.10. The molecule has 0 spiro atoms. The minimum atomic E-state index is -0.384. The maximum atomic E-state index is 11.3. The zero-order valence-corrected chi connectivity index (χ0v) is 8.51. The minimum absolute atomic E-state index is 0.167. The van der Waals surface area contributed by atoms with Crippen LogP contribution >= 0.6 is 15.9 Å². The molecule has 1 saturated heterocycles. The molecule has 13 heavy (non-hydrogen) atoms. The Morgan fingerprint density at radius 2 is 2.23 bits per heavy atom. The Hall–Kier alpha value is -0.970. The van der Waals surface area contributed by atoms with Crippen LogP contribution in [0.15, 0.2) is 15.0 Å². The van der Waals surface area contributed by atoms with Crippen molar-refractivity contribution in [2.75, 3.05) is 6.54 Å². The van der Waals surface area contributed by atoms with Gasteiger partial charge in [0.1, 0.15) is 0 Å². The number of nitrogens with zero attached hydrogens (tertiary/aromatic N) is 1. The third-order valence-corrected chi connectivity index (χ3v) is 3.19. The van der Waals surface area contributed by atoms with Crippen LogP contribution < -0.4 is 5.32 Å². The number of aliphatic imine (C=N–C) groups is 1. The van der Waals surface area contributed by atoms with E-state index < -0.39 is 0 Å². The molecule has 2 aliphatic heterocycles. The molecule has 2 heterocycles. The van der Waals surface area contributed by atoms with Crippen LogP contribution in [-0.2, 0) is 9.59 Å². The second kappa shape index (κ2) is 2.77. The lowest BCUT2D eigenvalue weighted by atomic mass is 9.98. The van der Waals surface area contributed by atoms with Gasteiger partial charge in [0, 0.05) is 16.6 Å². The highest BCUT2D eigenvalue weighted by atomic mass is 79.9. The first-order chi connectivity index (χ1) is 6.11. The molecule has 2 rings (SSSR count). The summed E-state index contributed by atoms with van der Waals surface area (Å²) < 4.78 is 0.659. The zero-order valence-electron chi connectivity index (χ0n) is 6.93. The van der Waals surface area contributed by atoms with Crippen molar-refractivity contribution in [1.82, 2.24) is 5.32 Å². The highest BCUT2D eigenvalue weighted by molar-refractivity contribution is 9.12. The van der Waals surface area contributed by atoms with Gasteiger partial charge in [-0.05, 0) is 22.9 Å². The van der Waals surface area contributed by atoms with E-state index in [2.05, 4.69) is 26.2 Å². The normalized spacial score (nSPS) is 27.2. The smallest absolute Gasteiger partial charge is 0.255 e. The molecule has 68 valence electrons. The van der Waals surface area contributed by atoms with E-state index >= 15 is 0 Å². The van der Waals surface area contributed by atoms with E-state index in [0.29, 0.717) is 22.3 Å². The van der Waals surface area contributed by atoms with Crippen molar-refractivity contribution in [1.29, 1.82) is 0 Å². The summed E-state index contributed by atoms with van der Waals surface area (Å²) in [5.74, 6) is -0.779. The Kier molecular flexibility index (Phi) is 1.83. The topological polar surface area (TPSA) is 58.5 Å². The van der Waals surface area contributed by atoms with E-state index in [1.165, 1.54) is 0 Å². The maximum absolute atomic E-state index is 11.3. The van der Waals surface area contributed by atoms with E-state index in [4.69, 9.17) is 0 Å². The SMILES string of the molecule is CC1=NC(=O)C2CNC(=O)C2=C1Br. The Morgan fingerprint density at radius 1 is 1.54 bits per heavy atom. The summed E-state index contributed by atoms with van der Waals surface area (Å²) >= 11 is 3.26. The first-order valence-electron chi connectivity index (χ1n) is 3.88. The number of halogens is 1.